The Kier molecular flexibility index (Phi) is 8.80. The lowest BCUT2D eigenvalue weighted by molar-refractivity contribution is -0.152. The molecule has 0 amide bonds. The first kappa shape index (κ1) is 24.9. The molecule has 1 aliphatic carbocycles. The molecule has 34 heavy (non-hydrogen) atoms. The number of rotatable bonds is 9. The minimum absolute atomic E-state index is 0.0288. The van der Waals surface area contributed by atoms with Crippen LogP contribution in [0, 0.1) is 5.92 Å². The molecule has 1 atom stereocenters. The lowest BCUT2D eigenvalue weighted by Gasteiger charge is -2.40. The summed E-state index contributed by atoms with van der Waals surface area (Å²) in [5.41, 5.74) is 2.13. The molecule has 2 aromatic rings. The van der Waals surface area contributed by atoms with Crippen LogP contribution in [-0.4, -0.2) is 55.6 Å². The lowest BCUT2D eigenvalue weighted by Crippen LogP contribution is -2.46. The predicted octanol–water partition coefficient (Wildman–Crippen LogP) is 5.84. The summed E-state index contributed by atoms with van der Waals surface area (Å²) in [6.07, 6.45) is 7.74. The van der Waals surface area contributed by atoms with Gasteiger partial charge >= 0.3 is 5.97 Å². The number of hydrogen-bond donors (Lipinski definition) is 0. The number of benzene rings is 2. The second kappa shape index (κ2) is 12.0. The van der Waals surface area contributed by atoms with Crippen molar-refractivity contribution in [3.05, 3.63) is 71.8 Å². The van der Waals surface area contributed by atoms with Gasteiger partial charge in [-0.3, -0.25) is 9.69 Å². The second-order valence-electron chi connectivity index (χ2n) is 10.3. The highest BCUT2D eigenvalue weighted by Crippen LogP contribution is 2.44. The average Bonchev–Trinajstić information content (AvgIpc) is 2.89. The zero-order valence-corrected chi connectivity index (χ0v) is 21.1. The number of carbonyl (C=O) groups excluding carboxylic acids is 1. The van der Waals surface area contributed by atoms with E-state index in [0.717, 1.165) is 57.4 Å². The topological polar surface area (TPSA) is 32.8 Å². The Hall–Kier alpha value is -2.17. The van der Waals surface area contributed by atoms with Gasteiger partial charge < -0.3 is 9.64 Å². The van der Waals surface area contributed by atoms with Crippen LogP contribution in [0.25, 0.3) is 0 Å². The fraction of sp³-hybridized carbons (Fsp3) is 0.567. The molecule has 0 radical (unpaired) electrons. The number of likely N-dealkylation sites (N-methyl/N-ethyl adjacent to an activating group) is 1. The molecule has 1 aliphatic heterocycles. The quantitative estimate of drug-likeness (QED) is 0.439. The summed E-state index contributed by atoms with van der Waals surface area (Å²) in [5, 5.41) is 0. The Bertz CT molecular complexity index is 869. The van der Waals surface area contributed by atoms with E-state index in [2.05, 4.69) is 59.3 Å². The van der Waals surface area contributed by atoms with Crippen LogP contribution in [0.3, 0.4) is 0 Å². The number of piperazine rings is 1. The number of esters is 1. The molecule has 1 unspecified atom stereocenters. The molecule has 2 aliphatic rings. The summed E-state index contributed by atoms with van der Waals surface area (Å²) in [5.74, 6) is 0.675. The maximum absolute atomic E-state index is 13.1. The third-order valence-corrected chi connectivity index (χ3v) is 8.20. The molecule has 2 aromatic carbocycles. The van der Waals surface area contributed by atoms with E-state index < -0.39 is 5.41 Å². The molecular formula is C30H42N2O2. The monoisotopic (exact) mass is 462 g/mol. The highest BCUT2D eigenvalue weighted by Gasteiger charge is 2.44. The first-order valence-corrected chi connectivity index (χ1v) is 13.3. The zero-order chi connectivity index (χ0) is 23.8. The van der Waals surface area contributed by atoms with E-state index in [-0.39, 0.29) is 5.97 Å². The van der Waals surface area contributed by atoms with Crippen LogP contribution < -0.4 is 0 Å². The number of ether oxygens (including phenoxy) is 1. The predicted molar refractivity (Wildman–Crippen MR) is 139 cm³/mol. The standard InChI is InChI=1S/C30H42N2O2/c1-3-34-29(33)30(27-14-8-5-9-15-27)19-17-25(18-20-30)11-10-16-28(26-12-6-4-7-13-26)32-23-21-31(2)22-24-32/h4-9,12-15,25,28H,3,10-11,16-24H2,1-2H3. The van der Waals surface area contributed by atoms with Crippen molar-refractivity contribution in [1.82, 2.24) is 9.80 Å². The normalized spacial score (nSPS) is 25.1. The zero-order valence-electron chi connectivity index (χ0n) is 21.1. The van der Waals surface area contributed by atoms with E-state index in [0.29, 0.717) is 18.6 Å². The Labute approximate surface area is 206 Å². The average molecular weight is 463 g/mol. The molecule has 4 rings (SSSR count). The Balaban J connectivity index is 1.35. The molecule has 1 saturated carbocycles. The highest BCUT2D eigenvalue weighted by molar-refractivity contribution is 5.83. The fourth-order valence-electron chi connectivity index (χ4n) is 6.06. The molecule has 2 fully saturated rings. The van der Waals surface area contributed by atoms with Crippen LogP contribution in [0.5, 0.6) is 0 Å². The van der Waals surface area contributed by atoms with Crippen molar-refractivity contribution in [2.24, 2.45) is 5.92 Å². The minimum Gasteiger partial charge on any atom is -0.465 e. The van der Waals surface area contributed by atoms with Gasteiger partial charge in [0.15, 0.2) is 0 Å². The molecule has 0 bridgehead atoms. The molecular weight excluding hydrogens is 420 g/mol. The molecule has 1 heterocycles. The van der Waals surface area contributed by atoms with Gasteiger partial charge in [-0.1, -0.05) is 73.5 Å². The van der Waals surface area contributed by atoms with Crippen LogP contribution in [0.1, 0.15) is 69.0 Å². The van der Waals surface area contributed by atoms with Crippen molar-refractivity contribution >= 4 is 5.97 Å². The van der Waals surface area contributed by atoms with Crippen molar-refractivity contribution in [2.45, 2.75) is 63.3 Å². The maximum atomic E-state index is 13.1. The summed E-state index contributed by atoms with van der Waals surface area (Å²) in [6, 6.07) is 21.9. The van der Waals surface area contributed by atoms with Crippen LogP contribution in [0.4, 0.5) is 0 Å². The largest absolute Gasteiger partial charge is 0.465 e. The lowest BCUT2D eigenvalue weighted by atomic mass is 9.66. The summed E-state index contributed by atoms with van der Waals surface area (Å²) in [4.78, 5) is 18.2. The number of carbonyl (C=O) groups is 1. The second-order valence-corrected chi connectivity index (χ2v) is 10.3. The van der Waals surface area contributed by atoms with Gasteiger partial charge in [0, 0.05) is 32.2 Å². The molecule has 4 heteroatoms. The molecule has 0 aromatic heterocycles. The molecule has 1 saturated heterocycles. The SMILES string of the molecule is CCOC(=O)C1(c2ccccc2)CCC(CCCC(c2ccccc2)N2CCN(C)CC2)CC1. The molecule has 4 nitrogen and oxygen atoms in total. The highest BCUT2D eigenvalue weighted by atomic mass is 16.5. The Morgan fingerprint density at radius 3 is 2.21 bits per heavy atom. The van der Waals surface area contributed by atoms with Crippen molar-refractivity contribution < 1.29 is 9.53 Å². The third kappa shape index (κ3) is 5.90. The molecule has 0 N–H and O–H groups in total. The maximum Gasteiger partial charge on any atom is 0.316 e. The summed E-state index contributed by atoms with van der Waals surface area (Å²) in [6.45, 7) is 6.97. The minimum atomic E-state index is -0.458. The van der Waals surface area contributed by atoms with Crippen molar-refractivity contribution in [2.75, 3.05) is 39.8 Å². The summed E-state index contributed by atoms with van der Waals surface area (Å²) < 4.78 is 5.56. The molecule has 0 spiro atoms. The van der Waals surface area contributed by atoms with Gasteiger partial charge in [0.05, 0.1) is 12.0 Å². The summed E-state index contributed by atoms with van der Waals surface area (Å²) >= 11 is 0. The summed E-state index contributed by atoms with van der Waals surface area (Å²) in [7, 11) is 2.23. The van der Waals surface area contributed by atoms with Crippen molar-refractivity contribution in [1.29, 1.82) is 0 Å². The van der Waals surface area contributed by atoms with Crippen LogP contribution >= 0.6 is 0 Å². The van der Waals surface area contributed by atoms with Crippen molar-refractivity contribution in [3.8, 4) is 0 Å². The van der Waals surface area contributed by atoms with E-state index in [4.69, 9.17) is 4.74 Å². The van der Waals surface area contributed by atoms with Gasteiger partial charge in [-0.2, -0.15) is 0 Å². The Morgan fingerprint density at radius 2 is 1.59 bits per heavy atom. The number of nitrogens with zero attached hydrogens (tertiary/aromatic N) is 2. The van der Waals surface area contributed by atoms with Gasteiger partial charge in [-0.25, -0.2) is 0 Å². The van der Waals surface area contributed by atoms with Gasteiger partial charge in [0.2, 0.25) is 0 Å². The van der Waals surface area contributed by atoms with Gasteiger partial charge in [0.25, 0.3) is 0 Å². The smallest absolute Gasteiger partial charge is 0.316 e. The molecule has 184 valence electrons. The van der Waals surface area contributed by atoms with E-state index >= 15 is 0 Å². The van der Waals surface area contributed by atoms with Crippen LogP contribution in [-0.2, 0) is 14.9 Å². The first-order valence-electron chi connectivity index (χ1n) is 13.3. The Morgan fingerprint density at radius 1 is 0.971 bits per heavy atom. The van der Waals surface area contributed by atoms with Crippen LogP contribution in [0.2, 0.25) is 0 Å². The van der Waals surface area contributed by atoms with Crippen molar-refractivity contribution in [3.63, 3.8) is 0 Å². The van der Waals surface area contributed by atoms with E-state index in [1.165, 1.54) is 24.8 Å². The van der Waals surface area contributed by atoms with Gasteiger partial charge in [0.1, 0.15) is 0 Å². The fourth-order valence-corrected chi connectivity index (χ4v) is 6.06. The van der Waals surface area contributed by atoms with E-state index in [9.17, 15) is 4.79 Å². The first-order chi connectivity index (χ1) is 16.6. The van der Waals surface area contributed by atoms with Gasteiger partial charge in [-0.05, 0) is 63.1 Å². The third-order valence-electron chi connectivity index (χ3n) is 8.20. The van der Waals surface area contributed by atoms with E-state index in [1.54, 1.807) is 0 Å². The van der Waals surface area contributed by atoms with Gasteiger partial charge in [-0.15, -0.1) is 0 Å². The number of hydrogen-bond acceptors (Lipinski definition) is 4. The van der Waals surface area contributed by atoms with Crippen LogP contribution in [0.15, 0.2) is 60.7 Å². The van der Waals surface area contributed by atoms with E-state index in [1.807, 2.05) is 25.1 Å².